The van der Waals surface area contributed by atoms with Crippen LogP contribution in [-0.4, -0.2) is 11.2 Å². The van der Waals surface area contributed by atoms with Crippen molar-refractivity contribution in [1.82, 2.24) is 0 Å². The SMILES string of the molecule is CCCC1CC1O. The zero-order valence-electron chi connectivity index (χ0n) is 4.72. The maximum atomic E-state index is 8.76. The topological polar surface area (TPSA) is 20.2 Å². The van der Waals surface area contributed by atoms with E-state index in [0.29, 0.717) is 5.92 Å². The van der Waals surface area contributed by atoms with Gasteiger partial charge in [-0.1, -0.05) is 13.3 Å². The molecule has 1 saturated carbocycles. The lowest BCUT2D eigenvalue weighted by Gasteiger charge is -1.86. The third kappa shape index (κ3) is 1.16. The molecule has 0 aromatic heterocycles. The predicted octanol–water partition coefficient (Wildman–Crippen LogP) is 1.17. The van der Waals surface area contributed by atoms with Crippen molar-refractivity contribution in [2.45, 2.75) is 32.3 Å². The second kappa shape index (κ2) is 1.83. The highest BCUT2D eigenvalue weighted by molar-refractivity contribution is 4.84. The van der Waals surface area contributed by atoms with Gasteiger partial charge < -0.3 is 5.11 Å². The first-order valence-electron chi connectivity index (χ1n) is 3.02. The van der Waals surface area contributed by atoms with E-state index in [2.05, 4.69) is 6.92 Å². The van der Waals surface area contributed by atoms with Gasteiger partial charge in [-0.2, -0.15) is 0 Å². The quantitative estimate of drug-likeness (QED) is 0.552. The lowest BCUT2D eigenvalue weighted by atomic mass is 10.2. The minimum atomic E-state index is 0.0694. The zero-order chi connectivity index (χ0) is 5.28. The second-order valence-electron chi connectivity index (χ2n) is 2.35. The van der Waals surface area contributed by atoms with E-state index < -0.39 is 0 Å². The second-order valence-corrected chi connectivity index (χ2v) is 2.35. The molecule has 0 spiro atoms. The van der Waals surface area contributed by atoms with Crippen molar-refractivity contribution in [3.8, 4) is 0 Å². The van der Waals surface area contributed by atoms with Gasteiger partial charge in [0.1, 0.15) is 0 Å². The Morgan fingerprint density at radius 3 is 2.43 bits per heavy atom. The van der Waals surface area contributed by atoms with Crippen LogP contribution in [0.1, 0.15) is 26.2 Å². The summed E-state index contributed by atoms with van der Waals surface area (Å²) in [5, 5.41) is 8.76. The van der Waals surface area contributed by atoms with Crippen LogP contribution >= 0.6 is 0 Å². The molecule has 1 aliphatic rings. The van der Waals surface area contributed by atoms with Gasteiger partial charge in [-0.05, 0) is 18.8 Å². The first-order chi connectivity index (χ1) is 3.34. The molecule has 0 radical (unpaired) electrons. The summed E-state index contributed by atoms with van der Waals surface area (Å²) in [5.41, 5.74) is 0. The molecular weight excluding hydrogens is 88.1 g/mol. The van der Waals surface area contributed by atoms with Gasteiger partial charge in [0.2, 0.25) is 0 Å². The highest BCUT2D eigenvalue weighted by Gasteiger charge is 2.33. The van der Waals surface area contributed by atoms with Crippen LogP contribution in [0.25, 0.3) is 0 Å². The predicted molar refractivity (Wildman–Crippen MR) is 29.0 cm³/mol. The summed E-state index contributed by atoms with van der Waals surface area (Å²) in [6, 6.07) is 0. The summed E-state index contributed by atoms with van der Waals surface area (Å²) < 4.78 is 0. The minimum absolute atomic E-state index is 0.0694. The van der Waals surface area contributed by atoms with Crippen molar-refractivity contribution in [3.63, 3.8) is 0 Å². The number of aliphatic hydroxyl groups is 1. The van der Waals surface area contributed by atoms with Crippen LogP contribution in [-0.2, 0) is 0 Å². The highest BCUT2D eigenvalue weighted by atomic mass is 16.3. The molecule has 1 nitrogen and oxygen atoms in total. The Bertz CT molecular complexity index is 61.2. The molecule has 1 heteroatoms. The number of hydrogen-bond donors (Lipinski definition) is 1. The Hall–Kier alpha value is -0.0400. The van der Waals surface area contributed by atoms with Gasteiger partial charge >= 0.3 is 0 Å². The van der Waals surface area contributed by atoms with Crippen molar-refractivity contribution in [3.05, 3.63) is 0 Å². The molecule has 0 bridgehead atoms. The molecule has 1 fully saturated rings. The fourth-order valence-electron chi connectivity index (χ4n) is 0.913. The average molecular weight is 100 g/mol. The van der Waals surface area contributed by atoms with Gasteiger partial charge in [0.25, 0.3) is 0 Å². The van der Waals surface area contributed by atoms with Gasteiger partial charge in [0, 0.05) is 0 Å². The summed E-state index contributed by atoms with van der Waals surface area (Å²) in [5.74, 6) is 0.671. The van der Waals surface area contributed by atoms with Crippen LogP contribution in [0, 0.1) is 5.92 Å². The van der Waals surface area contributed by atoms with Crippen LogP contribution in [0.4, 0.5) is 0 Å². The fraction of sp³-hybridized carbons (Fsp3) is 1.00. The van der Waals surface area contributed by atoms with Crippen molar-refractivity contribution in [2.75, 3.05) is 0 Å². The lowest BCUT2D eigenvalue weighted by molar-refractivity contribution is 0.256. The van der Waals surface area contributed by atoms with Crippen molar-refractivity contribution >= 4 is 0 Å². The highest BCUT2D eigenvalue weighted by Crippen LogP contribution is 2.33. The first kappa shape index (κ1) is 5.10. The smallest absolute Gasteiger partial charge is 0.0573 e. The summed E-state index contributed by atoms with van der Waals surface area (Å²) >= 11 is 0. The van der Waals surface area contributed by atoms with Crippen LogP contribution in [0.3, 0.4) is 0 Å². The first-order valence-corrected chi connectivity index (χ1v) is 3.02. The molecule has 0 heterocycles. The minimum Gasteiger partial charge on any atom is -0.393 e. The molecule has 0 saturated heterocycles. The zero-order valence-corrected chi connectivity index (χ0v) is 4.72. The van der Waals surface area contributed by atoms with E-state index in [-0.39, 0.29) is 6.10 Å². The molecule has 42 valence electrons. The third-order valence-electron chi connectivity index (χ3n) is 1.54. The number of hydrogen-bond acceptors (Lipinski definition) is 1. The van der Waals surface area contributed by atoms with Gasteiger partial charge in [-0.3, -0.25) is 0 Å². The standard InChI is InChI=1S/C6H12O/c1-2-3-5-4-6(5)7/h5-7H,2-4H2,1H3. The summed E-state index contributed by atoms with van der Waals surface area (Å²) in [7, 11) is 0. The van der Waals surface area contributed by atoms with Crippen LogP contribution < -0.4 is 0 Å². The van der Waals surface area contributed by atoms with E-state index >= 15 is 0 Å². The molecule has 1 rings (SSSR count). The monoisotopic (exact) mass is 100 g/mol. The van der Waals surface area contributed by atoms with E-state index in [9.17, 15) is 0 Å². The van der Waals surface area contributed by atoms with Gasteiger partial charge in [0.15, 0.2) is 0 Å². The van der Waals surface area contributed by atoms with Crippen molar-refractivity contribution in [1.29, 1.82) is 0 Å². The van der Waals surface area contributed by atoms with Gasteiger partial charge in [-0.15, -0.1) is 0 Å². The van der Waals surface area contributed by atoms with E-state index in [0.717, 1.165) is 6.42 Å². The molecule has 1 aliphatic carbocycles. The molecule has 0 aromatic carbocycles. The van der Waals surface area contributed by atoms with Crippen LogP contribution in [0.2, 0.25) is 0 Å². The molecule has 2 unspecified atom stereocenters. The van der Waals surface area contributed by atoms with E-state index in [1.54, 1.807) is 0 Å². The van der Waals surface area contributed by atoms with E-state index in [1.807, 2.05) is 0 Å². The van der Waals surface area contributed by atoms with E-state index in [1.165, 1.54) is 12.8 Å². The molecule has 0 amide bonds. The maximum absolute atomic E-state index is 8.76. The molecule has 7 heavy (non-hydrogen) atoms. The Morgan fingerprint density at radius 1 is 1.71 bits per heavy atom. The molecule has 2 atom stereocenters. The average Bonchev–Trinajstić information content (AvgIpc) is 2.22. The Balaban J connectivity index is 1.98. The fourth-order valence-corrected chi connectivity index (χ4v) is 0.913. The normalized spacial score (nSPS) is 38.6. The van der Waals surface area contributed by atoms with Gasteiger partial charge in [-0.25, -0.2) is 0 Å². The van der Waals surface area contributed by atoms with Crippen molar-refractivity contribution < 1.29 is 5.11 Å². The van der Waals surface area contributed by atoms with Gasteiger partial charge in [0.05, 0.1) is 6.10 Å². The van der Waals surface area contributed by atoms with Crippen molar-refractivity contribution in [2.24, 2.45) is 5.92 Å². The molecular formula is C6H12O. The maximum Gasteiger partial charge on any atom is 0.0573 e. The largest absolute Gasteiger partial charge is 0.393 e. The molecule has 1 N–H and O–H groups in total. The Kier molecular flexibility index (Phi) is 1.33. The molecule has 0 aromatic rings. The third-order valence-corrected chi connectivity index (χ3v) is 1.54. The summed E-state index contributed by atoms with van der Waals surface area (Å²) in [6.07, 6.45) is 3.58. The van der Waals surface area contributed by atoms with Crippen LogP contribution in [0.15, 0.2) is 0 Å². The molecule has 0 aliphatic heterocycles. The Morgan fingerprint density at radius 2 is 2.29 bits per heavy atom. The van der Waals surface area contributed by atoms with Crippen LogP contribution in [0.5, 0.6) is 0 Å². The van der Waals surface area contributed by atoms with E-state index in [4.69, 9.17) is 5.11 Å². The Labute approximate surface area is 44.4 Å². The lowest BCUT2D eigenvalue weighted by Crippen LogP contribution is -1.82. The number of aliphatic hydroxyl groups excluding tert-OH is 1. The summed E-state index contributed by atoms with van der Waals surface area (Å²) in [4.78, 5) is 0. The number of rotatable bonds is 2. The summed E-state index contributed by atoms with van der Waals surface area (Å²) in [6.45, 7) is 2.16.